The van der Waals surface area contributed by atoms with Gasteiger partial charge in [0.05, 0.1) is 6.61 Å². The summed E-state index contributed by atoms with van der Waals surface area (Å²) in [5.74, 6) is 0. The molecule has 0 aromatic carbocycles. The van der Waals surface area contributed by atoms with E-state index < -0.39 is 0 Å². The average Bonchev–Trinajstić information content (AvgIpc) is 2.45. The Balaban J connectivity index is 2.12. The molecule has 0 aliphatic carbocycles. The number of nitrogens with zero attached hydrogens (tertiary/aromatic N) is 1. The molecule has 0 bridgehead atoms. The first-order valence-electron chi connectivity index (χ1n) is 3.97. The fourth-order valence-corrected chi connectivity index (χ4v) is 3.07. The number of nitrogens with two attached hydrogens (primary N) is 1. The van der Waals surface area contributed by atoms with Gasteiger partial charge in [0.25, 0.3) is 0 Å². The molecule has 2 fully saturated rings. The summed E-state index contributed by atoms with van der Waals surface area (Å²) in [7, 11) is 0. The number of hydrogen-bond donors (Lipinski definition) is 1. The van der Waals surface area contributed by atoms with Crippen LogP contribution in [0.15, 0.2) is 0 Å². The van der Waals surface area contributed by atoms with Gasteiger partial charge in [0.15, 0.2) is 0 Å². The quantitative estimate of drug-likeness (QED) is 0.510. The van der Waals surface area contributed by atoms with Crippen molar-refractivity contribution < 1.29 is 4.74 Å². The number of hydrogen-bond acceptors (Lipinski definition) is 3. The number of ether oxygens (including phenoxy) is 1. The largest absolute Gasteiger partial charge is 0.381 e. The van der Waals surface area contributed by atoms with Gasteiger partial charge in [0.1, 0.15) is 0 Å². The van der Waals surface area contributed by atoms with Gasteiger partial charge in [-0.1, -0.05) is 0 Å². The van der Waals surface area contributed by atoms with Crippen molar-refractivity contribution in [2.24, 2.45) is 11.1 Å². The van der Waals surface area contributed by atoms with Crippen molar-refractivity contribution in [3.8, 4) is 0 Å². The first-order chi connectivity index (χ1) is 5.23. The van der Waals surface area contributed by atoms with E-state index in [0.29, 0.717) is 11.5 Å². The van der Waals surface area contributed by atoms with Crippen molar-refractivity contribution in [1.29, 1.82) is 0 Å². The van der Waals surface area contributed by atoms with E-state index in [0.717, 1.165) is 32.7 Å². The van der Waals surface area contributed by atoms with E-state index in [-0.39, 0.29) is 0 Å². The smallest absolute Gasteiger partial charge is 0.0551 e. The minimum Gasteiger partial charge on any atom is -0.381 e. The molecule has 2 atom stereocenters. The molecule has 0 amide bonds. The number of rotatable bonds is 0. The monoisotopic (exact) mass is 268 g/mol. The third kappa shape index (κ3) is 1.30. The third-order valence-electron chi connectivity index (χ3n) is 2.80. The summed E-state index contributed by atoms with van der Waals surface area (Å²) in [6.45, 7) is 3.89. The zero-order valence-corrected chi connectivity index (χ0v) is 8.58. The van der Waals surface area contributed by atoms with E-state index in [1.54, 1.807) is 0 Å². The van der Waals surface area contributed by atoms with Crippen LogP contribution < -0.4 is 5.73 Å². The third-order valence-corrected chi connectivity index (χ3v) is 3.54. The first kappa shape index (κ1) is 8.22. The summed E-state index contributed by atoms with van der Waals surface area (Å²) in [5.41, 5.74) is 6.33. The van der Waals surface area contributed by atoms with Crippen LogP contribution in [0.3, 0.4) is 0 Å². The van der Waals surface area contributed by atoms with Crippen LogP contribution in [0, 0.1) is 5.41 Å². The van der Waals surface area contributed by atoms with Gasteiger partial charge >= 0.3 is 0 Å². The second kappa shape index (κ2) is 2.83. The Bertz CT molecular complexity index is 159. The van der Waals surface area contributed by atoms with E-state index in [4.69, 9.17) is 10.5 Å². The highest BCUT2D eigenvalue weighted by Gasteiger charge is 2.46. The van der Waals surface area contributed by atoms with Crippen LogP contribution in [0.2, 0.25) is 0 Å². The van der Waals surface area contributed by atoms with Gasteiger partial charge in [-0.05, 0) is 6.42 Å². The average molecular weight is 268 g/mol. The Morgan fingerprint density at radius 3 is 2.91 bits per heavy atom. The molecule has 0 radical (unpaired) electrons. The van der Waals surface area contributed by atoms with Crippen LogP contribution in [-0.4, -0.2) is 35.5 Å². The second-order valence-electron chi connectivity index (χ2n) is 3.57. The fourth-order valence-electron chi connectivity index (χ4n) is 1.97. The molecule has 3 nitrogen and oxygen atoms in total. The Hall–Kier alpha value is 0.610. The van der Waals surface area contributed by atoms with Gasteiger partial charge in [0.2, 0.25) is 0 Å². The van der Waals surface area contributed by atoms with Gasteiger partial charge in [-0.3, -0.25) is 0 Å². The van der Waals surface area contributed by atoms with Gasteiger partial charge in [-0.2, -0.15) is 0 Å². The number of halogens is 1. The molecule has 0 aromatic heterocycles. The van der Waals surface area contributed by atoms with Gasteiger partial charge in [-0.25, -0.2) is 3.11 Å². The Kier molecular flexibility index (Phi) is 2.11. The van der Waals surface area contributed by atoms with E-state index in [9.17, 15) is 0 Å². The van der Waals surface area contributed by atoms with Crippen molar-refractivity contribution in [1.82, 2.24) is 3.11 Å². The fraction of sp³-hybridized carbons (Fsp3) is 1.00. The second-order valence-corrected chi connectivity index (χ2v) is 4.94. The Labute approximate surface area is 80.7 Å². The van der Waals surface area contributed by atoms with Crippen LogP contribution in [0.1, 0.15) is 6.42 Å². The molecule has 0 saturated carbocycles. The lowest BCUT2D eigenvalue weighted by atomic mass is 9.83. The summed E-state index contributed by atoms with van der Waals surface area (Å²) >= 11 is 2.34. The molecule has 11 heavy (non-hydrogen) atoms. The predicted octanol–water partition coefficient (Wildman–Crippen LogP) is 0.386. The molecule has 64 valence electrons. The summed E-state index contributed by atoms with van der Waals surface area (Å²) in [6.07, 6.45) is 1.15. The topological polar surface area (TPSA) is 38.5 Å². The van der Waals surface area contributed by atoms with Crippen molar-refractivity contribution in [3.05, 3.63) is 0 Å². The molecule has 2 heterocycles. The van der Waals surface area contributed by atoms with Crippen LogP contribution in [0.4, 0.5) is 0 Å². The van der Waals surface area contributed by atoms with Crippen molar-refractivity contribution in [2.75, 3.05) is 26.3 Å². The molecule has 2 aliphatic heterocycles. The molecule has 2 rings (SSSR count). The van der Waals surface area contributed by atoms with Gasteiger partial charge in [-0.15, -0.1) is 0 Å². The molecular formula is C7H13IN2O. The van der Waals surface area contributed by atoms with Crippen LogP contribution in [0.5, 0.6) is 0 Å². The van der Waals surface area contributed by atoms with Gasteiger partial charge in [0, 0.05) is 54.0 Å². The zero-order valence-electron chi connectivity index (χ0n) is 6.42. The Morgan fingerprint density at radius 2 is 2.45 bits per heavy atom. The molecule has 2 N–H and O–H groups in total. The van der Waals surface area contributed by atoms with E-state index in [1.165, 1.54) is 0 Å². The maximum absolute atomic E-state index is 6.04. The van der Waals surface area contributed by atoms with E-state index >= 15 is 0 Å². The highest BCUT2D eigenvalue weighted by molar-refractivity contribution is 14.1. The normalized spacial score (nSPS) is 45.8. The lowest BCUT2D eigenvalue weighted by Crippen LogP contribution is -2.40. The Morgan fingerprint density at radius 1 is 1.64 bits per heavy atom. The summed E-state index contributed by atoms with van der Waals surface area (Å²) in [6, 6.07) is 0.321. The van der Waals surface area contributed by atoms with Crippen molar-refractivity contribution >= 4 is 22.9 Å². The van der Waals surface area contributed by atoms with E-state index in [2.05, 4.69) is 26.0 Å². The van der Waals surface area contributed by atoms with Crippen molar-refractivity contribution in [2.45, 2.75) is 12.5 Å². The minimum absolute atomic E-state index is 0.293. The highest BCUT2D eigenvalue weighted by Crippen LogP contribution is 2.38. The van der Waals surface area contributed by atoms with E-state index in [1.807, 2.05) is 0 Å². The maximum Gasteiger partial charge on any atom is 0.0551 e. The molecule has 0 aromatic rings. The molecule has 2 unspecified atom stereocenters. The predicted molar refractivity (Wildman–Crippen MR) is 51.4 cm³/mol. The van der Waals surface area contributed by atoms with Crippen molar-refractivity contribution in [3.63, 3.8) is 0 Å². The highest BCUT2D eigenvalue weighted by atomic mass is 127. The van der Waals surface area contributed by atoms with Crippen LogP contribution in [-0.2, 0) is 4.74 Å². The lowest BCUT2D eigenvalue weighted by Gasteiger charge is -2.24. The molecule has 4 heteroatoms. The molecule has 2 saturated heterocycles. The maximum atomic E-state index is 6.04. The standard InChI is InChI=1S/C7H13IN2O/c8-10-3-6(9)7(4-10)1-2-11-5-7/h6H,1-5,9H2. The first-order valence-corrected chi connectivity index (χ1v) is 4.93. The summed E-state index contributed by atoms with van der Waals surface area (Å²) in [4.78, 5) is 0. The molecule has 1 spiro atoms. The minimum atomic E-state index is 0.293. The molecule has 2 aliphatic rings. The lowest BCUT2D eigenvalue weighted by molar-refractivity contribution is 0.151. The SMILES string of the molecule is NC1CN(I)CC12CCOC2. The van der Waals surface area contributed by atoms with Crippen LogP contribution >= 0.6 is 22.9 Å². The van der Waals surface area contributed by atoms with Gasteiger partial charge < -0.3 is 10.5 Å². The zero-order chi connectivity index (χ0) is 7.90. The summed E-state index contributed by atoms with van der Waals surface area (Å²) < 4.78 is 7.67. The summed E-state index contributed by atoms with van der Waals surface area (Å²) in [5, 5.41) is 0. The molecular weight excluding hydrogens is 255 g/mol. The van der Waals surface area contributed by atoms with Crippen LogP contribution in [0.25, 0.3) is 0 Å².